The van der Waals surface area contributed by atoms with Gasteiger partial charge in [-0.2, -0.15) is 0 Å². The lowest BCUT2D eigenvalue weighted by Gasteiger charge is -2.38. The van der Waals surface area contributed by atoms with Gasteiger partial charge in [-0.15, -0.1) is 0 Å². The second-order valence-corrected chi connectivity index (χ2v) is 7.94. The first-order chi connectivity index (χ1) is 13.0. The summed E-state index contributed by atoms with van der Waals surface area (Å²) < 4.78 is 0. The molecule has 1 aromatic heterocycles. The number of fused-ring (bicyclic) bond motifs is 1. The zero-order valence-electron chi connectivity index (χ0n) is 16.9. The number of aromatic nitrogens is 1. The number of H-pyrrole nitrogens is 1. The molecule has 27 heavy (non-hydrogen) atoms. The highest BCUT2D eigenvalue weighted by Gasteiger charge is 2.28. The van der Waals surface area contributed by atoms with Crippen LogP contribution in [0.1, 0.15) is 22.9 Å². The quantitative estimate of drug-likeness (QED) is 0.763. The Morgan fingerprint density at radius 1 is 0.926 bits per heavy atom. The van der Waals surface area contributed by atoms with Gasteiger partial charge in [-0.1, -0.05) is 30.3 Å². The molecule has 1 aliphatic rings. The Morgan fingerprint density at radius 2 is 1.59 bits per heavy atom. The first-order valence-corrected chi connectivity index (χ1v) is 9.81. The topological polar surface area (TPSA) is 25.5 Å². The number of piperazine rings is 1. The average molecular weight is 363 g/mol. The number of para-hydroxylation sites is 1. The van der Waals surface area contributed by atoms with Crippen LogP contribution in [0, 0.1) is 6.92 Å². The van der Waals surface area contributed by atoms with Crippen LogP contribution in [0.2, 0.25) is 0 Å². The molecule has 0 aliphatic carbocycles. The lowest BCUT2D eigenvalue weighted by Crippen LogP contribution is -2.46. The van der Waals surface area contributed by atoms with E-state index in [9.17, 15) is 0 Å². The highest BCUT2D eigenvalue weighted by Crippen LogP contribution is 2.37. The Balaban J connectivity index is 1.81. The Labute approximate surface area is 162 Å². The lowest BCUT2D eigenvalue weighted by molar-refractivity contribution is 0.127. The number of likely N-dealkylation sites (N-methyl/N-ethyl adjacent to an activating group) is 1. The minimum absolute atomic E-state index is 0.283. The van der Waals surface area contributed by atoms with E-state index in [0.29, 0.717) is 0 Å². The number of benzene rings is 2. The monoisotopic (exact) mass is 362 g/mol. The summed E-state index contributed by atoms with van der Waals surface area (Å²) in [5, 5.41) is 1.34. The summed E-state index contributed by atoms with van der Waals surface area (Å²) in [6.45, 7) is 6.64. The molecule has 2 heterocycles. The standard InChI is InChI=1S/C23H30N4/c1-17-22(20-7-5-6-8-21(20)24-17)23(27-15-13-26(4)14-16-27)18-9-11-19(12-10-18)25(2)3/h5-12,23-24H,13-16H2,1-4H3/t23-/m0/s1. The Hall–Kier alpha value is -2.30. The van der Waals surface area contributed by atoms with Gasteiger partial charge in [0.15, 0.2) is 0 Å². The highest BCUT2D eigenvalue weighted by atomic mass is 15.3. The van der Waals surface area contributed by atoms with Crippen LogP contribution in [0.3, 0.4) is 0 Å². The minimum atomic E-state index is 0.283. The summed E-state index contributed by atoms with van der Waals surface area (Å²) in [5.74, 6) is 0. The van der Waals surface area contributed by atoms with Crippen molar-refractivity contribution >= 4 is 16.6 Å². The largest absolute Gasteiger partial charge is 0.378 e. The number of hydrogen-bond acceptors (Lipinski definition) is 3. The molecule has 2 aromatic carbocycles. The van der Waals surface area contributed by atoms with Gasteiger partial charge in [-0.3, -0.25) is 4.90 Å². The molecule has 4 rings (SSSR count). The molecule has 0 radical (unpaired) electrons. The summed E-state index contributed by atoms with van der Waals surface area (Å²) in [6.07, 6.45) is 0. The van der Waals surface area contributed by atoms with Crippen LogP contribution in [0.25, 0.3) is 10.9 Å². The third-order valence-corrected chi connectivity index (χ3v) is 5.85. The summed E-state index contributed by atoms with van der Waals surface area (Å²) in [5.41, 5.74) is 6.54. The second-order valence-electron chi connectivity index (χ2n) is 7.94. The lowest BCUT2D eigenvalue weighted by atomic mass is 9.93. The van der Waals surface area contributed by atoms with Gasteiger partial charge in [0.1, 0.15) is 0 Å². The maximum absolute atomic E-state index is 3.61. The van der Waals surface area contributed by atoms with E-state index in [4.69, 9.17) is 0 Å². The molecule has 0 saturated carbocycles. The van der Waals surface area contributed by atoms with Crippen LogP contribution < -0.4 is 4.90 Å². The van der Waals surface area contributed by atoms with E-state index in [0.717, 1.165) is 26.2 Å². The zero-order chi connectivity index (χ0) is 19.0. The highest BCUT2D eigenvalue weighted by molar-refractivity contribution is 5.85. The predicted molar refractivity (Wildman–Crippen MR) is 115 cm³/mol. The maximum Gasteiger partial charge on any atom is 0.0626 e. The zero-order valence-corrected chi connectivity index (χ0v) is 16.9. The van der Waals surface area contributed by atoms with E-state index in [1.54, 1.807) is 0 Å². The van der Waals surface area contributed by atoms with E-state index in [2.05, 4.69) is 96.3 Å². The van der Waals surface area contributed by atoms with Crippen molar-refractivity contribution < 1.29 is 0 Å². The number of rotatable bonds is 4. The summed E-state index contributed by atoms with van der Waals surface area (Å²) in [6, 6.07) is 18.1. The van der Waals surface area contributed by atoms with Crippen molar-refractivity contribution in [2.45, 2.75) is 13.0 Å². The van der Waals surface area contributed by atoms with Crippen LogP contribution in [0.4, 0.5) is 5.69 Å². The fraction of sp³-hybridized carbons (Fsp3) is 0.391. The predicted octanol–water partition coefficient (Wildman–Crippen LogP) is 3.88. The molecular weight excluding hydrogens is 332 g/mol. The van der Waals surface area contributed by atoms with Crippen LogP contribution in [0.15, 0.2) is 48.5 Å². The van der Waals surface area contributed by atoms with Crippen molar-refractivity contribution in [2.24, 2.45) is 0 Å². The Kier molecular flexibility index (Phi) is 4.94. The van der Waals surface area contributed by atoms with Gasteiger partial charge in [0.2, 0.25) is 0 Å². The molecule has 0 unspecified atom stereocenters. The number of aromatic amines is 1. The molecule has 0 spiro atoms. The molecule has 1 atom stereocenters. The van der Waals surface area contributed by atoms with Crippen LogP contribution in [0.5, 0.6) is 0 Å². The van der Waals surface area contributed by atoms with Crippen molar-refractivity contribution in [1.29, 1.82) is 0 Å². The first-order valence-electron chi connectivity index (χ1n) is 9.81. The molecule has 3 aromatic rings. The van der Waals surface area contributed by atoms with Crippen LogP contribution >= 0.6 is 0 Å². The van der Waals surface area contributed by atoms with E-state index >= 15 is 0 Å². The van der Waals surface area contributed by atoms with Crippen molar-refractivity contribution in [3.05, 3.63) is 65.4 Å². The van der Waals surface area contributed by atoms with Crippen molar-refractivity contribution in [3.8, 4) is 0 Å². The smallest absolute Gasteiger partial charge is 0.0626 e. The molecule has 142 valence electrons. The summed E-state index contributed by atoms with van der Waals surface area (Å²) in [7, 11) is 6.41. The van der Waals surface area contributed by atoms with E-state index in [1.807, 2.05) is 0 Å². The Morgan fingerprint density at radius 3 is 2.26 bits per heavy atom. The molecule has 4 heteroatoms. The van der Waals surface area contributed by atoms with Gasteiger partial charge >= 0.3 is 0 Å². The van der Waals surface area contributed by atoms with Gasteiger partial charge in [-0.05, 0) is 37.7 Å². The molecular formula is C23H30N4. The first kappa shape index (κ1) is 18.1. The fourth-order valence-corrected chi connectivity index (χ4v) is 4.25. The van der Waals surface area contributed by atoms with Gasteiger partial charge in [0.05, 0.1) is 6.04 Å². The van der Waals surface area contributed by atoms with Crippen molar-refractivity contribution in [1.82, 2.24) is 14.8 Å². The molecule has 1 fully saturated rings. The van der Waals surface area contributed by atoms with Gasteiger partial charge in [-0.25, -0.2) is 0 Å². The normalized spacial score (nSPS) is 17.3. The minimum Gasteiger partial charge on any atom is -0.378 e. The number of nitrogens with zero attached hydrogens (tertiary/aromatic N) is 3. The van der Waals surface area contributed by atoms with Crippen LogP contribution in [-0.2, 0) is 0 Å². The van der Waals surface area contributed by atoms with E-state index < -0.39 is 0 Å². The number of nitrogens with one attached hydrogen (secondary N) is 1. The van der Waals surface area contributed by atoms with Gasteiger partial charge in [0.25, 0.3) is 0 Å². The fourth-order valence-electron chi connectivity index (χ4n) is 4.25. The van der Waals surface area contributed by atoms with Gasteiger partial charge in [0, 0.05) is 68.1 Å². The SMILES string of the molecule is Cc1[nH]c2ccccc2c1[C@H](c1ccc(N(C)C)cc1)N1CCN(C)CC1. The molecule has 4 nitrogen and oxygen atoms in total. The third kappa shape index (κ3) is 3.47. The summed E-state index contributed by atoms with van der Waals surface area (Å²) >= 11 is 0. The average Bonchev–Trinajstić information content (AvgIpc) is 3.00. The maximum atomic E-state index is 3.61. The third-order valence-electron chi connectivity index (χ3n) is 5.85. The molecule has 0 amide bonds. The Bertz CT molecular complexity index is 902. The van der Waals surface area contributed by atoms with Crippen LogP contribution in [-0.4, -0.2) is 62.1 Å². The second kappa shape index (κ2) is 7.37. The molecule has 1 saturated heterocycles. The van der Waals surface area contributed by atoms with E-state index in [-0.39, 0.29) is 6.04 Å². The van der Waals surface area contributed by atoms with Crippen molar-refractivity contribution in [2.75, 3.05) is 52.2 Å². The number of anilines is 1. The number of hydrogen-bond donors (Lipinski definition) is 1. The summed E-state index contributed by atoms with van der Waals surface area (Å²) in [4.78, 5) is 10.8. The van der Waals surface area contributed by atoms with Gasteiger partial charge < -0.3 is 14.8 Å². The van der Waals surface area contributed by atoms with E-state index in [1.165, 1.54) is 33.4 Å². The van der Waals surface area contributed by atoms with Crippen molar-refractivity contribution in [3.63, 3.8) is 0 Å². The molecule has 1 N–H and O–H groups in total. The molecule has 1 aliphatic heterocycles. The molecule has 0 bridgehead atoms. The number of aryl methyl sites for hydroxylation is 1.